The molecule has 2 aromatic heterocycles. The quantitative estimate of drug-likeness (QED) is 0.723. The van der Waals surface area contributed by atoms with Crippen LogP contribution in [0.25, 0.3) is 11.4 Å². The molecule has 1 saturated carbocycles. The van der Waals surface area contributed by atoms with Gasteiger partial charge < -0.3 is 5.32 Å². The van der Waals surface area contributed by atoms with Crippen molar-refractivity contribution in [1.82, 2.24) is 24.6 Å². The van der Waals surface area contributed by atoms with E-state index >= 15 is 0 Å². The molecule has 6 heteroatoms. The van der Waals surface area contributed by atoms with Crippen molar-refractivity contribution in [3.63, 3.8) is 0 Å². The number of aromatic nitrogens is 4. The predicted molar refractivity (Wildman–Crippen MR) is 115 cm³/mol. The van der Waals surface area contributed by atoms with Crippen molar-refractivity contribution < 1.29 is 0 Å². The minimum absolute atomic E-state index is 0.561. The fraction of sp³-hybridized carbons (Fsp3) is 0.435. The van der Waals surface area contributed by atoms with Gasteiger partial charge in [-0.3, -0.25) is 9.58 Å². The van der Waals surface area contributed by atoms with Gasteiger partial charge in [0.15, 0.2) is 5.82 Å². The van der Waals surface area contributed by atoms with Crippen molar-refractivity contribution in [1.29, 1.82) is 0 Å². The highest BCUT2D eigenvalue weighted by Gasteiger charge is 2.27. The van der Waals surface area contributed by atoms with Gasteiger partial charge in [0.2, 0.25) is 0 Å². The minimum Gasteiger partial charge on any atom is -0.367 e. The van der Waals surface area contributed by atoms with E-state index in [1.807, 2.05) is 19.4 Å². The number of anilines is 1. The third-order valence-electron chi connectivity index (χ3n) is 5.71. The molecule has 0 radical (unpaired) electrons. The van der Waals surface area contributed by atoms with E-state index in [9.17, 15) is 0 Å². The summed E-state index contributed by atoms with van der Waals surface area (Å²) in [5.74, 6) is 1.80. The number of rotatable bonds is 5. The maximum absolute atomic E-state index is 4.92. The molecule has 1 N–H and O–H groups in total. The number of hydrogen-bond acceptors (Lipinski definition) is 5. The van der Waals surface area contributed by atoms with Crippen LogP contribution in [0.1, 0.15) is 40.8 Å². The van der Waals surface area contributed by atoms with Crippen LogP contribution in [-0.2, 0) is 26.6 Å². The molecule has 0 spiro atoms. The van der Waals surface area contributed by atoms with Crippen LogP contribution in [0.3, 0.4) is 0 Å². The number of hydrogen-bond donors (Lipinski definition) is 1. The fourth-order valence-corrected chi connectivity index (χ4v) is 4.23. The molecule has 1 aliphatic carbocycles. The van der Waals surface area contributed by atoms with Crippen molar-refractivity contribution >= 4 is 5.82 Å². The largest absolute Gasteiger partial charge is 0.367 e. The third kappa shape index (κ3) is 4.03. The van der Waals surface area contributed by atoms with E-state index in [-0.39, 0.29) is 0 Å². The average molecular weight is 389 g/mol. The topological polar surface area (TPSA) is 58.9 Å². The lowest BCUT2D eigenvalue weighted by Crippen LogP contribution is -2.32. The lowest BCUT2D eigenvalue weighted by atomic mass is 10.0. The molecular formula is C23H28N6. The summed E-state index contributed by atoms with van der Waals surface area (Å²) >= 11 is 0. The van der Waals surface area contributed by atoms with Crippen molar-refractivity contribution in [3.05, 3.63) is 58.5 Å². The zero-order valence-corrected chi connectivity index (χ0v) is 17.4. The van der Waals surface area contributed by atoms with Crippen LogP contribution in [0.5, 0.6) is 0 Å². The Bertz CT molecular complexity index is 1030. The first-order valence-corrected chi connectivity index (χ1v) is 10.5. The van der Waals surface area contributed by atoms with E-state index in [4.69, 9.17) is 9.97 Å². The van der Waals surface area contributed by atoms with Crippen LogP contribution in [-0.4, -0.2) is 37.2 Å². The maximum Gasteiger partial charge on any atom is 0.164 e. The van der Waals surface area contributed by atoms with Crippen molar-refractivity contribution in [2.24, 2.45) is 7.05 Å². The Morgan fingerprint density at radius 2 is 1.90 bits per heavy atom. The Balaban J connectivity index is 1.44. The zero-order chi connectivity index (χ0) is 20.0. The zero-order valence-electron chi connectivity index (χ0n) is 17.4. The summed E-state index contributed by atoms with van der Waals surface area (Å²) in [6.07, 6.45) is 7.24. The van der Waals surface area contributed by atoms with Gasteiger partial charge in [0.05, 0.1) is 17.5 Å². The molecule has 5 rings (SSSR count). The lowest BCUT2D eigenvalue weighted by molar-refractivity contribution is 0.243. The van der Waals surface area contributed by atoms with Gasteiger partial charge in [0, 0.05) is 50.9 Å². The van der Waals surface area contributed by atoms with Gasteiger partial charge in [-0.1, -0.05) is 29.3 Å². The smallest absolute Gasteiger partial charge is 0.164 e. The number of aryl methyl sites for hydroxylation is 3. The molecule has 0 atom stereocenters. The first kappa shape index (κ1) is 18.3. The van der Waals surface area contributed by atoms with E-state index in [0.717, 1.165) is 43.3 Å². The molecular weight excluding hydrogens is 360 g/mol. The Labute approximate surface area is 172 Å². The van der Waals surface area contributed by atoms with Crippen LogP contribution in [0, 0.1) is 13.8 Å². The van der Waals surface area contributed by atoms with Gasteiger partial charge >= 0.3 is 0 Å². The average Bonchev–Trinajstić information content (AvgIpc) is 3.38. The Morgan fingerprint density at radius 3 is 2.59 bits per heavy atom. The maximum atomic E-state index is 4.92. The predicted octanol–water partition coefficient (Wildman–Crippen LogP) is 3.63. The second-order valence-electron chi connectivity index (χ2n) is 8.60. The highest BCUT2D eigenvalue weighted by Crippen LogP contribution is 2.32. The molecule has 0 unspecified atom stereocenters. The summed E-state index contributed by atoms with van der Waals surface area (Å²) in [5, 5.41) is 7.95. The molecule has 6 nitrogen and oxygen atoms in total. The summed E-state index contributed by atoms with van der Waals surface area (Å²) in [6, 6.07) is 7.40. The summed E-state index contributed by atoms with van der Waals surface area (Å²) in [5.41, 5.74) is 7.47. The molecule has 1 aromatic carbocycles. The molecule has 150 valence electrons. The lowest BCUT2D eigenvalue weighted by Gasteiger charge is -2.30. The van der Waals surface area contributed by atoms with Gasteiger partial charge in [-0.25, -0.2) is 9.97 Å². The van der Waals surface area contributed by atoms with Crippen molar-refractivity contribution in [2.75, 3.05) is 11.9 Å². The highest BCUT2D eigenvalue weighted by molar-refractivity contribution is 5.59. The Morgan fingerprint density at radius 1 is 1.10 bits per heavy atom. The summed E-state index contributed by atoms with van der Waals surface area (Å²) in [7, 11) is 1.93. The van der Waals surface area contributed by atoms with Crippen LogP contribution in [0.15, 0.2) is 30.6 Å². The molecule has 1 aliphatic heterocycles. The van der Waals surface area contributed by atoms with Crippen LogP contribution in [0.4, 0.5) is 5.82 Å². The fourth-order valence-electron chi connectivity index (χ4n) is 4.23. The molecule has 0 amide bonds. The molecule has 3 aromatic rings. The van der Waals surface area contributed by atoms with Crippen LogP contribution in [0.2, 0.25) is 0 Å². The van der Waals surface area contributed by atoms with Crippen molar-refractivity contribution in [2.45, 2.75) is 52.2 Å². The molecule has 0 saturated heterocycles. The normalized spacial score (nSPS) is 16.7. The summed E-state index contributed by atoms with van der Waals surface area (Å²) in [4.78, 5) is 12.4. The third-order valence-corrected chi connectivity index (χ3v) is 5.71. The SMILES string of the molecule is Cc1cc(C)cc(CN2CCc3nc(-c4cnn(C)c4)nc(NC4CC4)c3C2)c1. The van der Waals surface area contributed by atoms with Gasteiger partial charge in [0.1, 0.15) is 5.82 Å². The molecule has 29 heavy (non-hydrogen) atoms. The van der Waals surface area contributed by atoms with Gasteiger partial charge in [-0.15, -0.1) is 0 Å². The second-order valence-corrected chi connectivity index (χ2v) is 8.60. The Hall–Kier alpha value is -2.73. The standard InChI is InChI=1S/C23H28N6/c1-15-8-16(2)10-17(9-15)12-29-7-6-21-20(14-29)23(25-19-4-5-19)27-22(26-21)18-11-24-28(3)13-18/h8-11,13,19H,4-7,12,14H2,1-3H3,(H,25,26,27). The van der Waals surface area contributed by atoms with Gasteiger partial charge in [-0.2, -0.15) is 5.10 Å². The summed E-state index contributed by atoms with van der Waals surface area (Å²) < 4.78 is 1.80. The number of nitrogens with zero attached hydrogens (tertiary/aromatic N) is 5. The molecule has 3 heterocycles. The van der Waals surface area contributed by atoms with Gasteiger partial charge in [0.25, 0.3) is 0 Å². The summed E-state index contributed by atoms with van der Waals surface area (Å²) in [6.45, 7) is 7.23. The molecule has 2 aliphatic rings. The highest BCUT2D eigenvalue weighted by atomic mass is 15.2. The number of nitrogens with one attached hydrogen (secondary N) is 1. The van der Waals surface area contributed by atoms with E-state index in [0.29, 0.717) is 6.04 Å². The monoisotopic (exact) mass is 388 g/mol. The minimum atomic E-state index is 0.561. The number of fused-ring (bicyclic) bond motifs is 1. The van der Waals surface area contributed by atoms with E-state index in [1.165, 1.54) is 40.8 Å². The second kappa shape index (κ2) is 7.26. The number of benzene rings is 1. The first-order chi connectivity index (χ1) is 14.0. The van der Waals surface area contributed by atoms with Crippen LogP contribution < -0.4 is 5.32 Å². The first-order valence-electron chi connectivity index (χ1n) is 10.5. The Kier molecular flexibility index (Phi) is 4.59. The molecule has 0 bridgehead atoms. The van der Waals surface area contributed by atoms with E-state index in [2.05, 4.69) is 47.4 Å². The van der Waals surface area contributed by atoms with E-state index < -0.39 is 0 Å². The molecule has 1 fully saturated rings. The van der Waals surface area contributed by atoms with Gasteiger partial charge in [-0.05, 0) is 32.3 Å². The van der Waals surface area contributed by atoms with E-state index in [1.54, 1.807) is 4.68 Å². The van der Waals surface area contributed by atoms with Crippen molar-refractivity contribution in [3.8, 4) is 11.4 Å². The van der Waals surface area contributed by atoms with Crippen LogP contribution >= 0.6 is 0 Å².